The number of aliphatic imine (C=N–C) groups is 1. The third-order valence-electron chi connectivity index (χ3n) is 6.38. The van der Waals surface area contributed by atoms with Crippen LogP contribution in [0, 0.1) is 5.92 Å². The van der Waals surface area contributed by atoms with Crippen molar-refractivity contribution >= 4 is 40.3 Å². The van der Waals surface area contributed by atoms with Crippen LogP contribution >= 0.6 is 34.5 Å². The van der Waals surface area contributed by atoms with Gasteiger partial charge in [0.2, 0.25) is 0 Å². The smallest absolute Gasteiger partial charge is 0.0732 e. The first kappa shape index (κ1) is 20.3. The minimum Gasteiger partial charge on any atom is -0.295 e. The molecule has 30 heavy (non-hydrogen) atoms. The molecule has 1 aromatic heterocycles. The van der Waals surface area contributed by atoms with Gasteiger partial charge in [0.1, 0.15) is 0 Å². The van der Waals surface area contributed by atoms with Crippen LogP contribution < -0.4 is 0 Å². The maximum atomic E-state index is 6.56. The molecule has 3 aliphatic heterocycles. The molecule has 3 fully saturated rings. The molecule has 2 nitrogen and oxygen atoms in total. The number of benzene rings is 2. The van der Waals surface area contributed by atoms with E-state index in [9.17, 15) is 0 Å². The van der Waals surface area contributed by atoms with Crippen molar-refractivity contribution in [3.63, 3.8) is 0 Å². The maximum Gasteiger partial charge on any atom is 0.0732 e. The van der Waals surface area contributed by atoms with Crippen LogP contribution in [0.25, 0.3) is 11.1 Å². The van der Waals surface area contributed by atoms with Crippen LogP contribution in [0.3, 0.4) is 0 Å². The molecule has 154 valence electrons. The van der Waals surface area contributed by atoms with Gasteiger partial charge in [-0.2, -0.15) is 0 Å². The molecule has 4 heterocycles. The van der Waals surface area contributed by atoms with Gasteiger partial charge in [0, 0.05) is 32.1 Å². The van der Waals surface area contributed by atoms with Gasteiger partial charge in [0.15, 0.2) is 0 Å². The highest BCUT2D eigenvalue weighted by atomic mass is 35.5. The van der Waals surface area contributed by atoms with E-state index in [4.69, 9.17) is 28.2 Å². The van der Waals surface area contributed by atoms with Crippen LogP contribution in [-0.2, 0) is 13.0 Å². The van der Waals surface area contributed by atoms with Crippen molar-refractivity contribution in [2.75, 3.05) is 13.1 Å². The second kappa shape index (κ2) is 8.84. The van der Waals surface area contributed by atoms with Crippen molar-refractivity contribution in [2.24, 2.45) is 10.9 Å². The van der Waals surface area contributed by atoms with Crippen molar-refractivity contribution in [3.8, 4) is 11.1 Å². The number of hydrogen-bond acceptors (Lipinski definition) is 3. The molecule has 1 unspecified atom stereocenters. The SMILES string of the molecule is Clc1ccc(-c2ccccc2CC2C(=NCc3cccs3)C3CCN2CC3)c(Cl)c1. The van der Waals surface area contributed by atoms with Gasteiger partial charge in [-0.05, 0) is 67.1 Å². The maximum absolute atomic E-state index is 6.56. The number of hydrogen-bond donors (Lipinski definition) is 0. The first-order valence-corrected chi connectivity index (χ1v) is 12.2. The molecule has 0 N–H and O–H groups in total. The zero-order valence-corrected chi connectivity index (χ0v) is 19.1. The molecule has 0 spiro atoms. The van der Waals surface area contributed by atoms with Crippen LogP contribution in [0.2, 0.25) is 10.0 Å². The highest BCUT2D eigenvalue weighted by Gasteiger charge is 2.39. The lowest BCUT2D eigenvalue weighted by Gasteiger charge is -2.47. The van der Waals surface area contributed by atoms with Gasteiger partial charge in [0.25, 0.3) is 0 Å². The lowest BCUT2D eigenvalue weighted by Crippen LogP contribution is -2.56. The van der Waals surface area contributed by atoms with Crippen LogP contribution in [0.4, 0.5) is 0 Å². The predicted octanol–water partition coefficient (Wildman–Crippen LogP) is 7.00. The molecule has 2 bridgehead atoms. The summed E-state index contributed by atoms with van der Waals surface area (Å²) < 4.78 is 0. The number of halogens is 2. The van der Waals surface area contributed by atoms with Gasteiger partial charge in [-0.3, -0.25) is 9.89 Å². The fraction of sp³-hybridized carbons (Fsp3) is 0.320. The van der Waals surface area contributed by atoms with E-state index in [-0.39, 0.29) is 0 Å². The monoisotopic (exact) mass is 454 g/mol. The van der Waals surface area contributed by atoms with Gasteiger partial charge in [-0.25, -0.2) is 0 Å². The number of fused-ring (bicyclic) bond motifs is 3. The first-order chi connectivity index (χ1) is 14.7. The van der Waals surface area contributed by atoms with E-state index in [0.717, 1.165) is 18.5 Å². The topological polar surface area (TPSA) is 15.6 Å². The van der Waals surface area contributed by atoms with E-state index in [2.05, 4.69) is 46.7 Å². The fourth-order valence-corrected chi connectivity index (χ4v) is 6.02. The van der Waals surface area contributed by atoms with Crippen LogP contribution in [-0.4, -0.2) is 29.7 Å². The minimum absolute atomic E-state index is 0.379. The van der Waals surface area contributed by atoms with Gasteiger partial charge in [0.05, 0.1) is 12.6 Å². The normalized spacial score (nSPS) is 24.5. The summed E-state index contributed by atoms with van der Waals surface area (Å²) in [5, 5.41) is 3.50. The molecule has 0 radical (unpaired) electrons. The predicted molar refractivity (Wildman–Crippen MR) is 129 cm³/mol. The van der Waals surface area contributed by atoms with E-state index < -0.39 is 0 Å². The summed E-state index contributed by atoms with van der Waals surface area (Å²) in [6.45, 7) is 3.16. The second-order valence-corrected chi connectivity index (χ2v) is 10.0. The number of nitrogens with zero attached hydrogens (tertiary/aromatic N) is 2. The Hall–Kier alpha value is -1.65. The van der Waals surface area contributed by atoms with Crippen molar-refractivity contribution < 1.29 is 0 Å². The van der Waals surface area contributed by atoms with Crippen molar-refractivity contribution in [1.29, 1.82) is 0 Å². The molecule has 0 saturated carbocycles. The van der Waals surface area contributed by atoms with Crippen LogP contribution in [0.1, 0.15) is 23.3 Å². The van der Waals surface area contributed by atoms with Crippen molar-refractivity contribution in [2.45, 2.75) is 31.8 Å². The highest BCUT2D eigenvalue weighted by molar-refractivity contribution is 7.09. The zero-order valence-electron chi connectivity index (χ0n) is 16.7. The quantitative estimate of drug-likeness (QED) is 0.405. The number of piperidine rings is 3. The van der Waals surface area contributed by atoms with E-state index in [0.29, 0.717) is 22.0 Å². The van der Waals surface area contributed by atoms with Gasteiger partial charge >= 0.3 is 0 Å². The molecular weight excluding hydrogens is 431 g/mol. The molecule has 6 rings (SSSR count). The molecule has 5 heteroatoms. The molecule has 3 aromatic rings. The largest absolute Gasteiger partial charge is 0.295 e. The minimum atomic E-state index is 0.379. The summed E-state index contributed by atoms with van der Waals surface area (Å²) in [6.07, 6.45) is 3.45. The van der Waals surface area contributed by atoms with Gasteiger partial charge in [-0.1, -0.05) is 59.6 Å². The third-order valence-corrected chi connectivity index (χ3v) is 7.79. The molecule has 0 amide bonds. The zero-order chi connectivity index (χ0) is 20.5. The Kier molecular flexibility index (Phi) is 5.97. The highest BCUT2D eigenvalue weighted by Crippen LogP contribution is 2.36. The lowest BCUT2D eigenvalue weighted by atomic mass is 9.78. The molecule has 3 saturated heterocycles. The Labute approximate surface area is 192 Å². The first-order valence-electron chi connectivity index (χ1n) is 10.5. The number of thiophene rings is 1. The summed E-state index contributed by atoms with van der Waals surface area (Å²) in [5.41, 5.74) is 4.96. The van der Waals surface area contributed by atoms with E-state index in [1.54, 1.807) is 11.3 Å². The van der Waals surface area contributed by atoms with Gasteiger partial charge < -0.3 is 0 Å². The second-order valence-electron chi connectivity index (χ2n) is 8.13. The van der Waals surface area contributed by atoms with Crippen molar-refractivity contribution in [3.05, 3.63) is 80.5 Å². The summed E-state index contributed by atoms with van der Waals surface area (Å²) in [4.78, 5) is 9.13. The standard InChI is InChI=1S/C25H24Cl2N2S/c26-19-7-8-22(23(27)15-19)21-6-2-1-4-18(21)14-24-25(17-9-11-29(24)12-10-17)28-16-20-5-3-13-30-20/h1-8,13,15,17,24H,9-12,14,16H2. The molecule has 3 aliphatic rings. The Balaban J connectivity index is 1.47. The average molecular weight is 455 g/mol. The summed E-state index contributed by atoms with van der Waals surface area (Å²) >= 11 is 14.5. The van der Waals surface area contributed by atoms with Crippen LogP contribution in [0.15, 0.2) is 65.0 Å². The Morgan fingerprint density at radius 3 is 2.57 bits per heavy atom. The van der Waals surface area contributed by atoms with E-state index in [1.165, 1.54) is 47.6 Å². The summed E-state index contributed by atoms with van der Waals surface area (Å²) in [6, 6.07) is 19.1. The molecule has 2 aromatic carbocycles. The van der Waals surface area contributed by atoms with E-state index in [1.807, 2.05) is 18.2 Å². The van der Waals surface area contributed by atoms with Crippen molar-refractivity contribution in [1.82, 2.24) is 4.90 Å². The molecule has 0 aliphatic carbocycles. The lowest BCUT2D eigenvalue weighted by molar-refractivity contribution is 0.145. The summed E-state index contributed by atoms with van der Waals surface area (Å²) in [5.74, 6) is 0.631. The third kappa shape index (κ3) is 4.09. The average Bonchev–Trinajstić information content (AvgIpc) is 3.28. The number of rotatable bonds is 5. The summed E-state index contributed by atoms with van der Waals surface area (Å²) in [7, 11) is 0. The fourth-order valence-electron chi connectivity index (χ4n) is 4.88. The Morgan fingerprint density at radius 2 is 1.80 bits per heavy atom. The Bertz CT molecular complexity index is 1050. The molecule has 1 atom stereocenters. The van der Waals surface area contributed by atoms with Crippen LogP contribution in [0.5, 0.6) is 0 Å². The Morgan fingerprint density at radius 1 is 0.967 bits per heavy atom. The van der Waals surface area contributed by atoms with E-state index >= 15 is 0 Å². The molecular formula is C25H24Cl2N2S. The van der Waals surface area contributed by atoms with Gasteiger partial charge in [-0.15, -0.1) is 11.3 Å².